The monoisotopic (exact) mass is 339 g/mol. The Kier molecular flexibility index (Phi) is 4.86. The van der Waals surface area contributed by atoms with Crippen molar-refractivity contribution in [2.24, 2.45) is 0 Å². The Morgan fingerprint density at radius 2 is 1.95 bits per heavy atom. The average Bonchev–Trinajstić information content (AvgIpc) is 2.81. The first-order chi connectivity index (χ1) is 8.84. The molecular formula is C16H15Cl2NTi. The second-order valence-electron chi connectivity index (χ2n) is 5.24. The van der Waals surface area contributed by atoms with Gasteiger partial charge in [0.05, 0.1) is 0 Å². The van der Waals surface area contributed by atoms with Gasteiger partial charge in [0.15, 0.2) is 0 Å². The van der Waals surface area contributed by atoms with Crippen molar-refractivity contribution >= 4 is 7.88 Å². The van der Waals surface area contributed by atoms with Crippen LogP contribution in [-0.4, -0.2) is 4.98 Å². The summed E-state index contributed by atoms with van der Waals surface area (Å²) < 4.78 is 3.22. The first-order valence-corrected chi connectivity index (χ1v) is 8.14. The maximum atomic E-state index is 3.44. The number of fused-ring (bicyclic) bond motifs is 3. The zero-order valence-corrected chi connectivity index (χ0v) is 14.3. The van der Waals surface area contributed by atoms with E-state index < -0.39 is 0 Å². The summed E-state index contributed by atoms with van der Waals surface area (Å²) >= 11 is -0.194. The molecule has 1 saturated carbocycles. The van der Waals surface area contributed by atoms with Crippen LogP contribution >= 0.6 is 0 Å². The summed E-state index contributed by atoms with van der Waals surface area (Å²) in [6.45, 7) is 2.22. The number of benzene rings is 1. The second-order valence-corrected chi connectivity index (χ2v) is 7.19. The van der Waals surface area contributed by atoms with Crippen LogP contribution in [0.1, 0.15) is 35.4 Å². The molecule has 102 valence electrons. The van der Waals surface area contributed by atoms with Crippen LogP contribution in [0, 0.1) is 6.92 Å². The van der Waals surface area contributed by atoms with E-state index in [2.05, 4.69) is 48.4 Å². The number of aryl methyl sites for hydroxylation is 1. The smallest absolute Gasteiger partial charge is 1.00 e. The van der Waals surface area contributed by atoms with E-state index in [0.29, 0.717) is 0 Å². The zero-order chi connectivity index (χ0) is 12.1. The Morgan fingerprint density at radius 1 is 1.15 bits per heavy atom. The Labute approximate surface area is 141 Å². The van der Waals surface area contributed by atoms with Gasteiger partial charge in [-0.1, -0.05) is 0 Å². The van der Waals surface area contributed by atoms with Crippen molar-refractivity contribution in [2.75, 3.05) is 0 Å². The van der Waals surface area contributed by atoms with E-state index in [1.54, 1.807) is 20.6 Å². The summed E-state index contributed by atoms with van der Waals surface area (Å²) in [7, 11) is 0. The molecule has 1 unspecified atom stereocenters. The molecule has 1 fully saturated rings. The summed E-state index contributed by atoms with van der Waals surface area (Å²) in [5.41, 5.74) is 6.35. The number of nitrogens with one attached hydrogen (secondary N) is 1. The third-order valence-corrected chi connectivity index (χ3v) is 6.80. The van der Waals surface area contributed by atoms with Crippen molar-refractivity contribution in [1.82, 2.24) is 4.98 Å². The van der Waals surface area contributed by atoms with Crippen molar-refractivity contribution in [3.05, 3.63) is 58.8 Å². The molecule has 1 atom stereocenters. The molecule has 1 N–H and O–H groups in total. The van der Waals surface area contributed by atoms with E-state index in [9.17, 15) is 0 Å². The first-order valence-electron chi connectivity index (χ1n) is 6.58. The Hall–Kier alpha value is -0.466. The molecule has 0 saturated heterocycles. The summed E-state index contributed by atoms with van der Waals surface area (Å²) in [5, 5.41) is 0. The minimum atomic E-state index is -0.194. The molecule has 0 spiro atoms. The summed E-state index contributed by atoms with van der Waals surface area (Å²) in [6, 6.07) is 11.2. The molecule has 0 bridgehead atoms. The number of hydrogen-bond acceptors (Lipinski definition) is 0. The number of H-pyrrole nitrogens is 1. The van der Waals surface area contributed by atoms with Crippen LogP contribution in [0.3, 0.4) is 0 Å². The topological polar surface area (TPSA) is 15.8 Å². The molecule has 1 aromatic carbocycles. The van der Waals surface area contributed by atoms with Crippen LogP contribution in [0.4, 0.5) is 0 Å². The summed E-state index contributed by atoms with van der Waals surface area (Å²) in [6.07, 6.45) is 4.78. The van der Waals surface area contributed by atoms with E-state index in [-0.39, 0.29) is 44.0 Å². The number of aromatic nitrogens is 1. The van der Waals surface area contributed by atoms with Gasteiger partial charge in [-0.15, -0.1) is 0 Å². The number of hydrogen-bond donors (Lipinski definition) is 1. The second kappa shape index (κ2) is 6.11. The SMILES string of the molecule is Cc1cc[nH][c]1[Ti+2][C]1=C2CCC2c2ccccc21.[Cl-].[Cl-]. The van der Waals surface area contributed by atoms with Crippen LogP contribution in [0.15, 0.2) is 42.1 Å². The van der Waals surface area contributed by atoms with Gasteiger partial charge in [-0.25, -0.2) is 0 Å². The van der Waals surface area contributed by atoms with Gasteiger partial charge in [0, 0.05) is 0 Å². The summed E-state index contributed by atoms with van der Waals surface area (Å²) in [5.74, 6) is 0.773. The molecule has 0 aliphatic heterocycles. The van der Waals surface area contributed by atoms with Crippen LogP contribution in [0.2, 0.25) is 0 Å². The summed E-state index contributed by atoms with van der Waals surface area (Å²) in [4.78, 5) is 3.44. The number of halogens is 2. The molecule has 20 heavy (non-hydrogen) atoms. The van der Waals surface area contributed by atoms with E-state index in [4.69, 9.17) is 0 Å². The quantitative estimate of drug-likeness (QED) is 0.575. The van der Waals surface area contributed by atoms with Crippen molar-refractivity contribution in [2.45, 2.75) is 25.7 Å². The molecule has 1 heterocycles. The van der Waals surface area contributed by atoms with Gasteiger partial charge >= 0.3 is 116 Å². The fraction of sp³-hybridized carbons (Fsp3) is 0.250. The van der Waals surface area contributed by atoms with Crippen LogP contribution in [0.25, 0.3) is 3.88 Å². The molecule has 2 aromatic rings. The van der Waals surface area contributed by atoms with Crippen LogP contribution in [0.5, 0.6) is 0 Å². The normalized spacial score (nSPS) is 18.1. The predicted molar refractivity (Wildman–Crippen MR) is 70.5 cm³/mol. The van der Waals surface area contributed by atoms with Crippen LogP contribution in [-0.2, 0) is 19.2 Å². The van der Waals surface area contributed by atoms with E-state index in [0.717, 1.165) is 5.92 Å². The fourth-order valence-electron chi connectivity index (χ4n) is 3.13. The van der Waals surface area contributed by atoms with Crippen molar-refractivity contribution in [3.63, 3.8) is 0 Å². The molecule has 1 aromatic heterocycles. The van der Waals surface area contributed by atoms with Gasteiger partial charge in [-0.05, 0) is 0 Å². The molecule has 4 rings (SSSR count). The molecule has 2 aliphatic rings. The minimum absolute atomic E-state index is 0. The van der Waals surface area contributed by atoms with Crippen molar-refractivity contribution < 1.29 is 44.0 Å². The van der Waals surface area contributed by atoms with Crippen molar-refractivity contribution in [3.8, 4) is 0 Å². The van der Waals surface area contributed by atoms with Gasteiger partial charge in [-0.3, -0.25) is 0 Å². The minimum Gasteiger partial charge on any atom is -1.00 e. The third-order valence-electron chi connectivity index (χ3n) is 4.25. The molecule has 0 amide bonds. The van der Waals surface area contributed by atoms with Gasteiger partial charge in [0.1, 0.15) is 0 Å². The Balaban J connectivity index is 0.000000735. The fourth-order valence-corrected chi connectivity index (χ4v) is 5.49. The van der Waals surface area contributed by atoms with E-state index >= 15 is 0 Å². The van der Waals surface area contributed by atoms with Crippen molar-refractivity contribution in [1.29, 1.82) is 0 Å². The number of allylic oxidation sites excluding steroid dienone is 1. The Morgan fingerprint density at radius 3 is 2.60 bits per heavy atom. The maximum absolute atomic E-state index is 3.44. The van der Waals surface area contributed by atoms with Gasteiger partial charge in [0.2, 0.25) is 0 Å². The van der Waals surface area contributed by atoms with E-state index in [1.165, 1.54) is 22.4 Å². The van der Waals surface area contributed by atoms with Gasteiger partial charge < -0.3 is 24.8 Å². The average molecular weight is 340 g/mol. The van der Waals surface area contributed by atoms with Gasteiger partial charge in [0.25, 0.3) is 0 Å². The zero-order valence-electron chi connectivity index (χ0n) is 11.2. The van der Waals surface area contributed by atoms with Crippen LogP contribution < -0.4 is 28.8 Å². The standard InChI is InChI=1S/C11H9.C5H6N.2ClH.Ti/c1-2-4-10-8(3-1)7-9-5-6-11(9)10;1-5-2-3-6-4-5;;;/h1-4,11H,5-6H2;2-3,6H,1H3;2*1H;/q;;;;+2/p-2. The Bertz CT molecular complexity index is 660. The van der Waals surface area contributed by atoms with E-state index in [1.807, 2.05) is 0 Å². The first kappa shape index (κ1) is 15.9. The number of aromatic amines is 1. The molecule has 4 heteroatoms. The largest absolute Gasteiger partial charge is 1.00 e. The molecule has 0 radical (unpaired) electrons. The number of rotatable bonds is 2. The maximum Gasteiger partial charge on any atom is -1.00 e. The molecule has 2 aliphatic carbocycles. The predicted octanol–water partition coefficient (Wildman–Crippen LogP) is -2.66. The third kappa shape index (κ3) is 2.31. The van der Waals surface area contributed by atoms with Gasteiger partial charge in [-0.2, -0.15) is 0 Å². The molecule has 1 nitrogen and oxygen atoms in total. The molecular weight excluding hydrogens is 325 g/mol.